The number of aromatic nitrogens is 2. The molecule has 2 aromatic heterocycles. The zero-order valence-corrected chi connectivity index (χ0v) is 10.7. The van der Waals surface area contributed by atoms with Crippen LogP contribution >= 0.6 is 11.3 Å². The molecule has 7 heteroatoms. The standard InChI is InChI=1S/C13H7F3N2OS/c14-13(15,16)19-10-4-2-1-3-8(10)9-6-20-11-5-17-7-18-12(9)11/h1-7H. The van der Waals surface area contributed by atoms with Gasteiger partial charge in [0.15, 0.2) is 0 Å². The van der Waals surface area contributed by atoms with Crippen LogP contribution in [0.3, 0.4) is 0 Å². The third-order valence-corrected chi connectivity index (χ3v) is 3.55. The van der Waals surface area contributed by atoms with Gasteiger partial charge in [-0.05, 0) is 6.07 Å². The van der Waals surface area contributed by atoms with E-state index in [-0.39, 0.29) is 5.75 Å². The van der Waals surface area contributed by atoms with Gasteiger partial charge in [-0.15, -0.1) is 24.5 Å². The number of hydrogen-bond donors (Lipinski definition) is 0. The summed E-state index contributed by atoms with van der Waals surface area (Å²) >= 11 is 1.37. The number of ether oxygens (including phenoxy) is 1. The highest BCUT2D eigenvalue weighted by Gasteiger charge is 2.32. The molecular formula is C13H7F3N2OS. The van der Waals surface area contributed by atoms with E-state index in [1.807, 2.05) is 0 Å². The molecule has 0 amide bonds. The highest BCUT2D eigenvalue weighted by atomic mass is 32.1. The van der Waals surface area contributed by atoms with Gasteiger partial charge in [0.05, 0.1) is 10.2 Å². The van der Waals surface area contributed by atoms with Gasteiger partial charge in [-0.2, -0.15) is 0 Å². The predicted octanol–water partition coefficient (Wildman–Crippen LogP) is 4.26. The second kappa shape index (κ2) is 4.75. The van der Waals surface area contributed by atoms with Crippen molar-refractivity contribution in [1.82, 2.24) is 9.97 Å². The Bertz CT molecular complexity index is 754. The lowest BCUT2D eigenvalue weighted by Gasteiger charge is -2.12. The van der Waals surface area contributed by atoms with Crippen LogP contribution in [0.4, 0.5) is 13.2 Å². The van der Waals surface area contributed by atoms with E-state index in [4.69, 9.17) is 0 Å². The molecule has 3 aromatic rings. The molecule has 0 saturated heterocycles. The smallest absolute Gasteiger partial charge is 0.405 e. The molecule has 0 aliphatic heterocycles. The molecule has 2 heterocycles. The normalized spacial score (nSPS) is 11.8. The Hall–Kier alpha value is -2.15. The summed E-state index contributed by atoms with van der Waals surface area (Å²) in [7, 11) is 0. The van der Waals surface area contributed by atoms with Gasteiger partial charge in [-0.3, -0.25) is 0 Å². The van der Waals surface area contributed by atoms with Crippen LogP contribution in [0.15, 0.2) is 42.2 Å². The predicted molar refractivity (Wildman–Crippen MR) is 69.5 cm³/mol. The van der Waals surface area contributed by atoms with Crippen LogP contribution in [0, 0.1) is 0 Å². The van der Waals surface area contributed by atoms with E-state index in [9.17, 15) is 13.2 Å². The highest BCUT2D eigenvalue weighted by molar-refractivity contribution is 7.17. The van der Waals surface area contributed by atoms with Crippen molar-refractivity contribution < 1.29 is 17.9 Å². The van der Waals surface area contributed by atoms with E-state index >= 15 is 0 Å². The summed E-state index contributed by atoms with van der Waals surface area (Å²) in [6.07, 6.45) is -1.73. The van der Waals surface area contributed by atoms with Crippen molar-refractivity contribution in [2.75, 3.05) is 0 Å². The molecule has 0 fully saturated rings. The molecular weight excluding hydrogens is 289 g/mol. The molecule has 3 rings (SSSR count). The fraction of sp³-hybridized carbons (Fsp3) is 0.0769. The number of benzene rings is 1. The van der Waals surface area contributed by atoms with Crippen LogP contribution in [0.1, 0.15) is 0 Å². The average molecular weight is 296 g/mol. The van der Waals surface area contributed by atoms with Gasteiger partial charge >= 0.3 is 6.36 Å². The molecule has 0 saturated carbocycles. The SMILES string of the molecule is FC(F)(F)Oc1ccccc1-c1csc2cncnc12. The van der Waals surface area contributed by atoms with Gasteiger partial charge in [0, 0.05) is 22.7 Å². The molecule has 0 aliphatic rings. The van der Waals surface area contributed by atoms with Crippen molar-refractivity contribution >= 4 is 21.6 Å². The number of halogens is 3. The Balaban J connectivity index is 2.15. The molecule has 0 aliphatic carbocycles. The first-order valence-electron chi connectivity index (χ1n) is 5.57. The van der Waals surface area contributed by atoms with Crippen molar-refractivity contribution in [2.24, 2.45) is 0 Å². The van der Waals surface area contributed by atoms with E-state index in [1.54, 1.807) is 23.7 Å². The minimum atomic E-state index is -4.73. The van der Waals surface area contributed by atoms with E-state index in [1.165, 1.54) is 29.8 Å². The van der Waals surface area contributed by atoms with Gasteiger partial charge in [-0.1, -0.05) is 18.2 Å². The number of hydrogen-bond acceptors (Lipinski definition) is 4. The highest BCUT2D eigenvalue weighted by Crippen LogP contribution is 2.38. The van der Waals surface area contributed by atoms with Gasteiger partial charge in [-0.25, -0.2) is 9.97 Å². The Morgan fingerprint density at radius 2 is 1.90 bits per heavy atom. The number of rotatable bonds is 2. The van der Waals surface area contributed by atoms with Crippen LogP contribution in [-0.4, -0.2) is 16.3 Å². The Morgan fingerprint density at radius 3 is 2.70 bits per heavy atom. The first-order valence-corrected chi connectivity index (χ1v) is 6.45. The number of nitrogens with zero attached hydrogens (tertiary/aromatic N) is 2. The molecule has 0 spiro atoms. The monoisotopic (exact) mass is 296 g/mol. The lowest BCUT2D eigenvalue weighted by molar-refractivity contribution is -0.274. The quantitative estimate of drug-likeness (QED) is 0.709. The first kappa shape index (κ1) is 12.9. The molecule has 0 unspecified atom stereocenters. The summed E-state index contributed by atoms with van der Waals surface area (Å²) in [6.45, 7) is 0. The number of thiophene rings is 1. The molecule has 0 atom stereocenters. The summed E-state index contributed by atoms with van der Waals surface area (Å²) in [5.41, 5.74) is 1.57. The van der Waals surface area contributed by atoms with Crippen molar-refractivity contribution in [3.8, 4) is 16.9 Å². The van der Waals surface area contributed by atoms with Crippen LogP contribution in [0.25, 0.3) is 21.3 Å². The topological polar surface area (TPSA) is 35.0 Å². The van der Waals surface area contributed by atoms with Gasteiger partial charge in [0.1, 0.15) is 12.1 Å². The first-order chi connectivity index (χ1) is 9.54. The van der Waals surface area contributed by atoms with Gasteiger partial charge < -0.3 is 4.74 Å². The third kappa shape index (κ3) is 2.44. The maximum absolute atomic E-state index is 12.4. The largest absolute Gasteiger partial charge is 0.573 e. The minimum Gasteiger partial charge on any atom is -0.405 e. The molecule has 0 bridgehead atoms. The Morgan fingerprint density at radius 1 is 1.10 bits per heavy atom. The van der Waals surface area contributed by atoms with Crippen molar-refractivity contribution in [3.05, 3.63) is 42.2 Å². The van der Waals surface area contributed by atoms with E-state index in [2.05, 4.69) is 14.7 Å². The van der Waals surface area contributed by atoms with Gasteiger partial charge in [0.25, 0.3) is 0 Å². The van der Waals surface area contributed by atoms with Crippen LogP contribution in [0.2, 0.25) is 0 Å². The lowest BCUT2D eigenvalue weighted by Crippen LogP contribution is -2.17. The van der Waals surface area contributed by atoms with Crippen LogP contribution in [0.5, 0.6) is 5.75 Å². The van der Waals surface area contributed by atoms with Crippen molar-refractivity contribution in [1.29, 1.82) is 0 Å². The zero-order chi connectivity index (χ0) is 14.2. The Kier molecular flexibility index (Phi) is 3.06. The molecule has 0 N–H and O–H groups in total. The Labute approximate surface area is 115 Å². The second-order valence-electron chi connectivity index (χ2n) is 3.93. The van der Waals surface area contributed by atoms with E-state index < -0.39 is 6.36 Å². The van der Waals surface area contributed by atoms with E-state index in [0.29, 0.717) is 16.6 Å². The third-order valence-electron chi connectivity index (χ3n) is 2.64. The van der Waals surface area contributed by atoms with Crippen molar-refractivity contribution in [3.63, 3.8) is 0 Å². The number of alkyl halides is 3. The van der Waals surface area contributed by atoms with Crippen molar-refractivity contribution in [2.45, 2.75) is 6.36 Å². The second-order valence-corrected chi connectivity index (χ2v) is 4.84. The average Bonchev–Trinajstić information content (AvgIpc) is 2.81. The molecule has 3 nitrogen and oxygen atoms in total. The van der Waals surface area contributed by atoms with Crippen LogP contribution in [-0.2, 0) is 0 Å². The van der Waals surface area contributed by atoms with Crippen LogP contribution < -0.4 is 4.74 Å². The maximum atomic E-state index is 12.4. The number of para-hydroxylation sites is 1. The summed E-state index contributed by atoms with van der Waals surface area (Å²) < 4.78 is 42.2. The minimum absolute atomic E-state index is 0.238. The summed E-state index contributed by atoms with van der Waals surface area (Å²) in [4.78, 5) is 8.01. The molecule has 102 valence electrons. The fourth-order valence-electron chi connectivity index (χ4n) is 1.88. The summed E-state index contributed by atoms with van der Waals surface area (Å²) in [5.74, 6) is -0.238. The van der Waals surface area contributed by atoms with E-state index in [0.717, 1.165) is 4.70 Å². The molecule has 0 radical (unpaired) electrons. The summed E-state index contributed by atoms with van der Waals surface area (Å²) in [6, 6.07) is 6.01. The lowest BCUT2D eigenvalue weighted by atomic mass is 10.1. The molecule has 1 aromatic carbocycles. The molecule has 20 heavy (non-hydrogen) atoms. The summed E-state index contributed by atoms with van der Waals surface area (Å²) in [5, 5.41) is 1.75. The fourth-order valence-corrected chi connectivity index (χ4v) is 2.76. The number of fused-ring (bicyclic) bond motifs is 1. The van der Waals surface area contributed by atoms with Gasteiger partial charge in [0.2, 0.25) is 0 Å². The maximum Gasteiger partial charge on any atom is 0.573 e. The zero-order valence-electron chi connectivity index (χ0n) is 9.89.